The van der Waals surface area contributed by atoms with E-state index < -0.39 is 0 Å². The maximum absolute atomic E-state index is 13.4. The van der Waals surface area contributed by atoms with Crippen LogP contribution in [0.4, 0.5) is 4.39 Å². The van der Waals surface area contributed by atoms with Crippen LogP contribution in [0.3, 0.4) is 0 Å². The second-order valence-corrected chi connectivity index (χ2v) is 6.00. The van der Waals surface area contributed by atoms with Crippen molar-refractivity contribution in [2.45, 2.75) is 6.61 Å². The second kappa shape index (κ2) is 5.57. The molecule has 0 aliphatic carbocycles. The molecule has 1 N–H and O–H groups in total. The molecule has 0 spiro atoms. The molecule has 4 nitrogen and oxygen atoms in total. The molecule has 0 radical (unpaired) electrons. The fourth-order valence-corrected chi connectivity index (χ4v) is 3.41. The monoisotopic (exact) mass is 325 g/mol. The maximum Gasteiger partial charge on any atom is 0.213 e. The summed E-state index contributed by atoms with van der Waals surface area (Å²) in [5, 5.41) is 14.9. The van der Waals surface area contributed by atoms with Crippen molar-refractivity contribution in [3.8, 4) is 21.8 Å². The van der Waals surface area contributed by atoms with E-state index >= 15 is 0 Å². The molecule has 0 atom stereocenters. The van der Waals surface area contributed by atoms with Gasteiger partial charge < -0.3 is 5.11 Å². The van der Waals surface area contributed by atoms with E-state index in [0.717, 1.165) is 11.3 Å². The van der Waals surface area contributed by atoms with Gasteiger partial charge in [0, 0.05) is 11.1 Å². The highest BCUT2D eigenvalue weighted by molar-refractivity contribution is 7.19. The third-order valence-corrected chi connectivity index (χ3v) is 4.52. The number of nitrogens with zero attached hydrogens (tertiary/aromatic N) is 3. The van der Waals surface area contributed by atoms with Gasteiger partial charge in [0.25, 0.3) is 0 Å². The fourth-order valence-electron chi connectivity index (χ4n) is 2.50. The molecule has 114 valence electrons. The van der Waals surface area contributed by atoms with E-state index in [1.165, 1.54) is 23.5 Å². The Balaban J connectivity index is 1.87. The van der Waals surface area contributed by atoms with E-state index in [1.807, 2.05) is 30.3 Å². The first kappa shape index (κ1) is 14.0. The lowest BCUT2D eigenvalue weighted by atomic mass is 10.1. The average Bonchev–Trinajstić information content (AvgIpc) is 3.13. The third-order valence-electron chi connectivity index (χ3n) is 3.57. The zero-order valence-electron chi connectivity index (χ0n) is 12.0. The molecule has 0 saturated heterocycles. The van der Waals surface area contributed by atoms with Crippen molar-refractivity contribution < 1.29 is 9.50 Å². The molecule has 6 heteroatoms. The van der Waals surface area contributed by atoms with E-state index in [2.05, 4.69) is 10.1 Å². The summed E-state index contributed by atoms with van der Waals surface area (Å²) < 4.78 is 15.0. The lowest BCUT2D eigenvalue weighted by Crippen LogP contribution is -1.95. The number of aromatic nitrogens is 3. The standard InChI is InChI=1S/C17H12FN3OS/c18-13-8-4-7-12(9-13)16-20-21-14(10-22)15(19-17(21)23-16)11-5-2-1-3-6-11/h1-9,22H,10H2. The van der Waals surface area contributed by atoms with Gasteiger partial charge in [-0.05, 0) is 12.1 Å². The first-order valence-electron chi connectivity index (χ1n) is 7.07. The van der Waals surface area contributed by atoms with E-state index in [1.54, 1.807) is 16.6 Å². The van der Waals surface area contributed by atoms with Crippen molar-refractivity contribution in [1.29, 1.82) is 0 Å². The Morgan fingerprint density at radius 3 is 2.57 bits per heavy atom. The number of hydrogen-bond acceptors (Lipinski definition) is 4. The number of benzene rings is 2. The third kappa shape index (κ3) is 2.42. The van der Waals surface area contributed by atoms with E-state index in [9.17, 15) is 9.50 Å². The van der Waals surface area contributed by atoms with Crippen LogP contribution in [0.1, 0.15) is 5.69 Å². The molecular weight excluding hydrogens is 313 g/mol. The Morgan fingerprint density at radius 2 is 1.83 bits per heavy atom. The Bertz CT molecular complexity index is 978. The van der Waals surface area contributed by atoms with Gasteiger partial charge in [-0.2, -0.15) is 5.10 Å². The molecule has 0 amide bonds. The summed E-state index contributed by atoms with van der Waals surface area (Å²) in [6.07, 6.45) is 0. The lowest BCUT2D eigenvalue weighted by molar-refractivity contribution is 0.275. The highest BCUT2D eigenvalue weighted by Gasteiger charge is 2.17. The first-order chi connectivity index (χ1) is 11.3. The summed E-state index contributed by atoms with van der Waals surface area (Å²) in [7, 11) is 0. The molecule has 4 rings (SSSR count). The number of hydrogen-bond donors (Lipinski definition) is 1. The number of rotatable bonds is 3. The maximum atomic E-state index is 13.4. The second-order valence-electron chi connectivity index (χ2n) is 5.04. The minimum Gasteiger partial charge on any atom is -0.390 e. The van der Waals surface area contributed by atoms with Gasteiger partial charge in [0.1, 0.15) is 10.8 Å². The SMILES string of the molecule is OCc1c(-c2ccccc2)nc2sc(-c3cccc(F)c3)nn12. The van der Waals surface area contributed by atoms with Gasteiger partial charge in [0.05, 0.1) is 18.0 Å². The van der Waals surface area contributed by atoms with Crippen molar-refractivity contribution in [2.24, 2.45) is 0 Å². The Hall–Kier alpha value is -2.57. The molecule has 0 fully saturated rings. The van der Waals surface area contributed by atoms with Crippen LogP contribution in [0.25, 0.3) is 26.8 Å². The molecule has 4 aromatic rings. The number of aliphatic hydroxyl groups is 1. The number of halogens is 1. The van der Waals surface area contributed by atoms with Gasteiger partial charge in [-0.25, -0.2) is 13.9 Å². The highest BCUT2D eigenvalue weighted by atomic mass is 32.1. The van der Waals surface area contributed by atoms with Gasteiger partial charge in [0.15, 0.2) is 0 Å². The summed E-state index contributed by atoms with van der Waals surface area (Å²) in [5.74, 6) is -0.303. The zero-order valence-corrected chi connectivity index (χ0v) is 12.8. The van der Waals surface area contributed by atoms with Crippen LogP contribution in [-0.4, -0.2) is 19.7 Å². The first-order valence-corrected chi connectivity index (χ1v) is 7.88. The predicted octanol–water partition coefficient (Wildman–Crippen LogP) is 3.76. The molecule has 0 aliphatic rings. The Labute approximate surface area is 135 Å². The highest BCUT2D eigenvalue weighted by Crippen LogP contribution is 2.31. The molecule has 23 heavy (non-hydrogen) atoms. The molecule has 0 aliphatic heterocycles. The van der Waals surface area contributed by atoms with Gasteiger partial charge in [0.2, 0.25) is 4.96 Å². The van der Waals surface area contributed by atoms with Gasteiger partial charge in [-0.1, -0.05) is 53.8 Å². The summed E-state index contributed by atoms with van der Waals surface area (Å²) >= 11 is 1.37. The van der Waals surface area contributed by atoms with Crippen LogP contribution in [0.2, 0.25) is 0 Å². The normalized spacial score (nSPS) is 11.2. The van der Waals surface area contributed by atoms with Crippen molar-refractivity contribution in [1.82, 2.24) is 14.6 Å². The minimum atomic E-state index is -0.303. The summed E-state index contributed by atoms with van der Waals surface area (Å²) in [5.41, 5.74) is 2.98. The van der Waals surface area contributed by atoms with Crippen LogP contribution in [0.5, 0.6) is 0 Å². The van der Waals surface area contributed by atoms with Crippen LogP contribution in [-0.2, 0) is 6.61 Å². The van der Waals surface area contributed by atoms with Crippen LogP contribution >= 0.6 is 11.3 Å². The topological polar surface area (TPSA) is 50.4 Å². The smallest absolute Gasteiger partial charge is 0.213 e. The molecule has 0 saturated carbocycles. The van der Waals surface area contributed by atoms with Gasteiger partial charge >= 0.3 is 0 Å². The summed E-state index contributed by atoms with van der Waals surface area (Å²) in [6, 6.07) is 16.0. The van der Waals surface area contributed by atoms with Crippen LogP contribution in [0.15, 0.2) is 54.6 Å². The van der Waals surface area contributed by atoms with Crippen molar-refractivity contribution in [3.05, 3.63) is 66.1 Å². The number of imidazole rings is 1. The zero-order chi connectivity index (χ0) is 15.8. The predicted molar refractivity (Wildman–Crippen MR) is 87.6 cm³/mol. The molecule has 0 bridgehead atoms. The van der Waals surface area contributed by atoms with Crippen LogP contribution < -0.4 is 0 Å². The lowest BCUT2D eigenvalue weighted by Gasteiger charge is -2.00. The largest absolute Gasteiger partial charge is 0.390 e. The molecule has 2 aromatic carbocycles. The van der Waals surface area contributed by atoms with Gasteiger partial charge in [-0.15, -0.1) is 0 Å². The average molecular weight is 325 g/mol. The Kier molecular flexibility index (Phi) is 3.40. The number of aliphatic hydroxyl groups excluding tert-OH is 1. The van der Waals surface area contributed by atoms with Crippen molar-refractivity contribution >= 4 is 16.3 Å². The van der Waals surface area contributed by atoms with Crippen LogP contribution in [0, 0.1) is 5.82 Å². The molecule has 2 aromatic heterocycles. The molecule has 2 heterocycles. The molecule has 0 unspecified atom stereocenters. The minimum absolute atomic E-state index is 0.169. The van der Waals surface area contributed by atoms with Crippen molar-refractivity contribution in [2.75, 3.05) is 0 Å². The van der Waals surface area contributed by atoms with E-state index in [-0.39, 0.29) is 12.4 Å². The summed E-state index contributed by atoms with van der Waals surface area (Å²) in [4.78, 5) is 5.26. The molecular formula is C17H12FN3OS. The Morgan fingerprint density at radius 1 is 1.04 bits per heavy atom. The van der Waals surface area contributed by atoms with Gasteiger partial charge in [-0.3, -0.25) is 0 Å². The van der Waals surface area contributed by atoms with E-state index in [4.69, 9.17) is 0 Å². The fraction of sp³-hybridized carbons (Fsp3) is 0.0588. The number of fused-ring (bicyclic) bond motifs is 1. The van der Waals surface area contributed by atoms with E-state index in [0.29, 0.717) is 21.2 Å². The van der Waals surface area contributed by atoms with Crippen molar-refractivity contribution in [3.63, 3.8) is 0 Å². The summed E-state index contributed by atoms with van der Waals surface area (Å²) in [6.45, 7) is -0.169. The quantitative estimate of drug-likeness (QED) is 0.624.